The van der Waals surface area contributed by atoms with Crippen LogP contribution in [-0.2, 0) is 17.9 Å². The summed E-state index contributed by atoms with van der Waals surface area (Å²) in [5.41, 5.74) is 2.26. The highest BCUT2D eigenvalue weighted by Gasteiger charge is 2.15. The number of anilines is 1. The molecule has 2 heterocycles. The highest BCUT2D eigenvalue weighted by molar-refractivity contribution is 7.99. The van der Waals surface area contributed by atoms with Gasteiger partial charge in [-0.25, -0.2) is 4.98 Å². The maximum atomic E-state index is 12.1. The molecule has 0 fully saturated rings. The van der Waals surface area contributed by atoms with Gasteiger partial charge in [-0.05, 0) is 25.5 Å². The second kappa shape index (κ2) is 9.52. The molecule has 3 rings (SSSR count). The number of aromatic nitrogens is 4. The summed E-state index contributed by atoms with van der Waals surface area (Å²) in [5.74, 6) is 1.58. The van der Waals surface area contributed by atoms with Crippen molar-refractivity contribution in [1.29, 1.82) is 0 Å². The third-order valence-electron chi connectivity index (χ3n) is 3.80. The summed E-state index contributed by atoms with van der Waals surface area (Å²) in [6, 6.07) is 6.04. The Morgan fingerprint density at radius 2 is 2.25 bits per heavy atom. The number of thioether (sulfide) groups is 1. The molecule has 1 aromatic carbocycles. The lowest BCUT2D eigenvalue weighted by molar-refractivity contribution is -0.113. The quantitative estimate of drug-likeness (QED) is 0.422. The fourth-order valence-electron chi connectivity index (χ4n) is 2.52. The average Bonchev–Trinajstić information content (AvgIpc) is 3.30. The van der Waals surface area contributed by atoms with Gasteiger partial charge >= 0.3 is 0 Å². The monoisotopic (exact) mass is 415 g/mol. The predicted octanol–water partition coefficient (Wildman–Crippen LogP) is 3.85. The number of thiazole rings is 1. The van der Waals surface area contributed by atoms with Gasteiger partial charge in [-0.2, -0.15) is 0 Å². The Hall–Kier alpha value is -2.65. The Balaban J connectivity index is 1.63. The standard InChI is InChI=1S/C19H21N5O2S2/c1-4-8-24-16(11-26-15-6-5-13(2)10-14(15)3)22-23-19(24)28-12-17(25)21-18-20-7-9-27-18/h4-7,9-10H,1,8,11-12H2,2-3H3,(H,20,21,25). The number of hydrogen-bond donors (Lipinski definition) is 1. The van der Waals surface area contributed by atoms with Gasteiger partial charge in [-0.1, -0.05) is 35.5 Å². The van der Waals surface area contributed by atoms with Crippen molar-refractivity contribution in [2.24, 2.45) is 0 Å². The van der Waals surface area contributed by atoms with Crippen molar-refractivity contribution in [2.45, 2.75) is 32.2 Å². The van der Waals surface area contributed by atoms with E-state index in [4.69, 9.17) is 4.74 Å². The number of nitrogens with one attached hydrogen (secondary N) is 1. The van der Waals surface area contributed by atoms with Crippen LogP contribution in [-0.4, -0.2) is 31.4 Å². The Morgan fingerprint density at radius 3 is 2.96 bits per heavy atom. The van der Waals surface area contributed by atoms with E-state index in [-0.39, 0.29) is 18.3 Å². The number of benzene rings is 1. The molecular formula is C19H21N5O2S2. The molecule has 0 aliphatic carbocycles. The van der Waals surface area contributed by atoms with Gasteiger partial charge in [-0.15, -0.1) is 28.1 Å². The third-order valence-corrected chi connectivity index (χ3v) is 5.46. The summed E-state index contributed by atoms with van der Waals surface area (Å²) in [6.45, 7) is 8.68. The van der Waals surface area contributed by atoms with E-state index in [0.717, 1.165) is 11.3 Å². The summed E-state index contributed by atoms with van der Waals surface area (Å²) in [5, 5.41) is 14.2. The van der Waals surface area contributed by atoms with Crippen LogP contribution in [0.25, 0.3) is 0 Å². The molecule has 28 heavy (non-hydrogen) atoms. The SMILES string of the molecule is C=CCn1c(COc2ccc(C)cc2C)nnc1SCC(=O)Nc1nccs1. The Bertz CT molecular complexity index is 953. The summed E-state index contributed by atoms with van der Waals surface area (Å²) in [7, 11) is 0. The number of amides is 1. The number of allylic oxidation sites excluding steroid dienone is 1. The van der Waals surface area contributed by atoms with Gasteiger partial charge in [0.05, 0.1) is 5.75 Å². The van der Waals surface area contributed by atoms with E-state index < -0.39 is 0 Å². The molecule has 1 amide bonds. The molecule has 0 radical (unpaired) electrons. The van der Waals surface area contributed by atoms with Gasteiger partial charge in [0.25, 0.3) is 0 Å². The molecule has 0 saturated carbocycles. The Kier molecular flexibility index (Phi) is 6.83. The molecule has 0 spiro atoms. The fraction of sp³-hybridized carbons (Fsp3) is 0.263. The van der Waals surface area contributed by atoms with Gasteiger partial charge in [0.15, 0.2) is 16.1 Å². The minimum Gasteiger partial charge on any atom is -0.485 e. The lowest BCUT2D eigenvalue weighted by Gasteiger charge is -2.11. The first kappa shape index (κ1) is 20.1. The van der Waals surface area contributed by atoms with Crippen molar-refractivity contribution in [3.63, 3.8) is 0 Å². The van der Waals surface area contributed by atoms with E-state index in [2.05, 4.69) is 33.1 Å². The molecule has 1 N–H and O–H groups in total. The smallest absolute Gasteiger partial charge is 0.236 e. The summed E-state index contributed by atoms with van der Waals surface area (Å²) < 4.78 is 7.82. The van der Waals surface area contributed by atoms with Crippen molar-refractivity contribution >= 4 is 34.1 Å². The van der Waals surface area contributed by atoms with Crippen LogP contribution in [0, 0.1) is 13.8 Å². The third kappa shape index (κ3) is 5.20. The first-order chi connectivity index (χ1) is 13.6. The van der Waals surface area contributed by atoms with Crippen LogP contribution in [0.15, 0.2) is 47.6 Å². The van der Waals surface area contributed by atoms with E-state index in [0.29, 0.717) is 22.7 Å². The number of carbonyl (C=O) groups excluding carboxylic acids is 1. The maximum absolute atomic E-state index is 12.1. The molecule has 0 saturated heterocycles. The zero-order valence-corrected chi connectivity index (χ0v) is 17.3. The Morgan fingerprint density at radius 1 is 1.39 bits per heavy atom. The number of hydrogen-bond acceptors (Lipinski definition) is 7. The van der Waals surface area contributed by atoms with Crippen molar-refractivity contribution in [2.75, 3.05) is 11.1 Å². The molecule has 3 aromatic rings. The zero-order valence-electron chi connectivity index (χ0n) is 15.7. The number of ether oxygens (including phenoxy) is 1. The van der Waals surface area contributed by atoms with Crippen LogP contribution in [0.2, 0.25) is 0 Å². The van der Waals surface area contributed by atoms with E-state index in [1.807, 2.05) is 35.9 Å². The van der Waals surface area contributed by atoms with Gasteiger partial charge in [0.2, 0.25) is 5.91 Å². The second-order valence-corrected chi connectivity index (χ2v) is 7.87. The van der Waals surface area contributed by atoms with E-state index in [1.54, 1.807) is 12.3 Å². The molecular weight excluding hydrogens is 394 g/mol. The summed E-state index contributed by atoms with van der Waals surface area (Å²) in [6.07, 6.45) is 3.42. The van der Waals surface area contributed by atoms with E-state index in [1.165, 1.54) is 28.7 Å². The van der Waals surface area contributed by atoms with Gasteiger partial charge in [0, 0.05) is 18.1 Å². The van der Waals surface area contributed by atoms with Crippen molar-refractivity contribution < 1.29 is 9.53 Å². The molecule has 146 valence electrons. The molecule has 0 aliphatic heterocycles. The zero-order chi connectivity index (χ0) is 19.9. The number of rotatable bonds is 9. The van der Waals surface area contributed by atoms with Crippen LogP contribution in [0.5, 0.6) is 5.75 Å². The molecule has 0 bridgehead atoms. The first-order valence-electron chi connectivity index (χ1n) is 8.62. The molecule has 0 aliphatic rings. The molecule has 0 atom stereocenters. The average molecular weight is 416 g/mol. The summed E-state index contributed by atoms with van der Waals surface area (Å²) >= 11 is 2.69. The number of carbonyl (C=O) groups is 1. The van der Waals surface area contributed by atoms with Crippen molar-refractivity contribution in [3.8, 4) is 5.75 Å². The minimum atomic E-state index is -0.138. The highest BCUT2D eigenvalue weighted by Crippen LogP contribution is 2.22. The van der Waals surface area contributed by atoms with Crippen LogP contribution in [0.3, 0.4) is 0 Å². The fourth-order valence-corrected chi connectivity index (χ4v) is 3.83. The molecule has 9 heteroatoms. The Labute approximate surface area is 171 Å². The molecule has 7 nitrogen and oxygen atoms in total. The lowest BCUT2D eigenvalue weighted by atomic mass is 10.1. The van der Waals surface area contributed by atoms with Gasteiger partial charge in [0.1, 0.15) is 12.4 Å². The van der Waals surface area contributed by atoms with Gasteiger partial charge < -0.3 is 10.1 Å². The lowest BCUT2D eigenvalue weighted by Crippen LogP contribution is -2.14. The number of aryl methyl sites for hydroxylation is 2. The van der Waals surface area contributed by atoms with Crippen LogP contribution < -0.4 is 10.1 Å². The maximum Gasteiger partial charge on any atom is 0.236 e. The minimum absolute atomic E-state index is 0.138. The van der Waals surface area contributed by atoms with Crippen molar-refractivity contribution in [3.05, 3.63) is 59.4 Å². The summed E-state index contributed by atoms with van der Waals surface area (Å²) in [4.78, 5) is 16.1. The second-order valence-electron chi connectivity index (χ2n) is 6.03. The van der Waals surface area contributed by atoms with Gasteiger partial charge in [-0.3, -0.25) is 9.36 Å². The first-order valence-corrected chi connectivity index (χ1v) is 10.5. The molecule has 2 aromatic heterocycles. The normalized spacial score (nSPS) is 10.6. The van der Waals surface area contributed by atoms with Crippen LogP contribution in [0.4, 0.5) is 5.13 Å². The largest absolute Gasteiger partial charge is 0.485 e. The van der Waals surface area contributed by atoms with Crippen LogP contribution >= 0.6 is 23.1 Å². The molecule has 0 unspecified atom stereocenters. The van der Waals surface area contributed by atoms with E-state index in [9.17, 15) is 4.79 Å². The van der Waals surface area contributed by atoms with Crippen molar-refractivity contribution in [1.82, 2.24) is 19.7 Å². The number of nitrogens with zero attached hydrogens (tertiary/aromatic N) is 4. The highest BCUT2D eigenvalue weighted by atomic mass is 32.2. The van der Waals surface area contributed by atoms with E-state index >= 15 is 0 Å². The van der Waals surface area contributed by atoms with Crippen LogP contribution in [0.1, 0.15) is 17.0 Å². The predicted molar refractivity (Wildman–Crippen MR) is 112 cm³/mol. The topological polar surface area (TPSA) is 81.9 Å².